The van der Waals surface area contributed by atoms with Gasteiger partial charge in [0.1, 0.15) is 9.75 Å². The van der Waals surface area contributed by atoms with Gasteiger partial charge in [0.25, 0.3) is 5.91 Å². The van der Waals surface area contributed by atoms with Crippen molar-refractivity contribution in [3.05, 3.63) is 69.2 Å². The second kappa shape index (κ2) is 8.01. The number of carbonyl (C=O) groups excluding carboxylic acids is 3. The van der Waals surface area contributed by atoms with Gasteiger partial charge in [0.05, 0.1) is 27.6 Å². The van der Waals surface area contributed by atoms with E-state index < -0.39 is 37.7 Å². The predicted octanol–water partition coefficient (Wildman–Crippen LogP) is 6.51. The summed E-state index contributed by atoms with van der Waals surface area (Å²) >= 11 is 39.1. The molecule has 5 nitrogen and oxygen atoms in total. The molecule has 1 aliphatic heterocycles. The fraction of sp³-hybridized carbons (Fsp3) is 0.292. The highest BCUT2D eigenvalue weighted by molar-refractivity contribution is 6.67. The number of nitrogens with one attached hydrogen (secondary N) is 1. The first-order valence-corrected chi connectivity index (χ1v) is 12.7. The molecule has 11 heteroatoms. The van der Waals surface area contributed by atoms with Crippen molar-refractivity contribution in [1.29, 1.82) is 0 Å². The van der Waals surface area contributed by atoms with Crippen LogP contribution >= 0.6 is 69.6 Å². The summed E-state index contributed by atoms with van der Waals surface area (Å²) in [5.41, 5.74) is 3.27. The second-order valence-electron chi connectivity index (χ2n) is 8.97. The van der Waals surface area contributed by atoms with Crippen molar-refractivity contribution in [2.75, 3.05) is 10.2 Å². The van der Waals surface area contributed by atoms with E-state index in [9.17, 15) is 14.4 Å². The molecule has 182 valence electrons. The van der Waals surface area contributed by atoms with Gasteiger partial charge in [-0.3, -0.25) is 14.4 Å². The number of hydrogen-bond donors (Lipinski definition) is 1. The Morgan fingerprint density at radius 3 is 1.74 bits per heavy atom. The Kier molecular flexibility index (Phi) is 5.77. The summed E-state index contributed by atoms with van der Waals surface area (Å²) in [4.78, 5) is 36.8. The van der Waals surface area contributed by atoms with Gasteiger partial charge in [0.15, 0.2) is 4.33 Å². The van der Waals surface area contributed by atoms with Crippen molar-refractivity contribution >= 4 is 98.7 Å². The molecule has 0 aromatic heterocycles. The van der Waals surface area contributed by atoms with Crippen LogP contribution in [0.2, 0.25) is 0 Å². The Morgan fingerprint density at radius 2 is 1.29 bits per heavy atom. The van der Waals surface area contributed by atoms with Gasteiger partial charge in [-0.15, -0.1) is 23.2 Å². The fourth-order valence-corrected chi connectivity index (χ4v) is 8.19. The van der Waals surface area contributed by atoms with Crippen molar-refractivity contribution in [1.82, 2.24) is 0 Å². The Balaban J connectivity index is 1.44. The Hall–Kier alpha value is -1.47. The largest absolute Gasteiger partial charge is 0.322 e. The lowest BCUT2D eigenvalue weighted by molar-refractivity contribution is -0.123. The third-order valence-corrected chi connectivity index (χ3v) is 11.0. The average molecular weight is 593 g/mol. The topological polar surface area (TPSA) is 66.5 Å². The number of anilines is 2. The molecule has 2 aromatic rings. The lowest BCUT2D eigenvalue weighted by Gasteiger charge is -2.34. The quantitative estimate of drug-likeness (QED) is 0.326. The third kappa shape index (κ3) is 3.12. The van der Waals surface area contributed by atoms with Crippen molar-refractivity contribution < 1.29 is 14.4 Å². The van der Waals surface area contributed by atoms with Crippen LogP contribution in [0, 0.1) is 25.7 Å². The molecule has 0 unspecified atom stereocenters. The molecule has 35 heavy (non-hydrogen) atoms. The molecular formula is C24H16Cl6N2O3. The van der Waals surface area contributed by atoms with Crippen LogP contribution < -0.4 is 10.2 Å². The van der Waals surface area contributed by atoms with E-state index in [2.05, 4.69) is 5.32 Å². The minimum absolute atomic E-state index is 0.150. The average Bonchev–Trinajstić information content (AvgIpc) is 3.17. The zero-order chi connectivity index (χ0) is 25.7. The molecule has 3 aliphatic rings. The van der Waals surface area contributed by atoms with E-state index in [4.69, 9.17) is 69.6 Å². The summed E-state index contributed by atoms with van der Waals surface area (Å²) in [6.07, 6.45) is 0. The molecule has 1 saturated carbocycles. The van der Waals surface area contributed by atoms with Crippen LogP contribution in [-0.2, 0) is 9.59 Å². The molecule has 2 aromatic carbocycles. The molecule has 0 radical (unpaired) electrons. The van der Waals surface area contributed by atoms with E-state index in [0.717, 1.165) is 16.0 Å². The van der Waals surface area contributed by atoms with Gasteiger partial charge in [0, 0.05) is 11.3 Å². The fourth-order valence-electron chi connectivity index (χ4n) is 5.26. The molecular weight excluding hydrogens is 577 g/mol. The lowest BCUT2D eigenvalue weighted by atomic mass is 9.84. The summed E-state index contributed by atoms with van der Waals surface area (Å²) in [6, 6.07) is 11.7. The standard InChI is InChI=1S/C24H16Cl6N2O3/c1-10-7-11(2)9-13(8-10)31-19(33)12-3-5-14(6-4-12)32-20(34)15-16(21(32)35)23(28)18(26)17(25)22(15,27)24(23,29)30/h3-9,15-16H,1-2H3,(H,31,33)/t15-,16+,22-,23-/m1/s1. The third-order valence-electron chi connectivity index (χ3n) is 6.78. The summed E-state index contributed by atoms with van der Waals surface area (Å²) in [6.45, 7) is 3.88. The number of benzene rings is 2. The summed E-state index contributed by atoms with van der Waals surface area (Å²) in [5, 5.41) is 2.54. The number of nitrogens with zero attached hydrogens (tertiary/aromatic N) is 1. The van der Waals surface area contributed by atoms with E-state index >= 15 is 0 Å². The van der Waals surface area contributed by atoms with E-state index in [0.29, 0.717) is 11.3 Å². The molecule has 5 rings (SSSR count). The number of carbonyl (C=O) groups is 3. The van der Waals surface area contributed by atoms with Crippen LogP contribution in [0.5, 0.6) is 0 Å². The molecule has 3 amide bonds. The highest BCUT2D eigenvalue weighted by Crippen LogP contribution is 2.77. The molecule has 2 fully saturated rings. The minimum Gasteiger partial charge on any atom is -0.322 e. The van der Waals surface area contributed by atoms with Crippen LogP contribution in [0.4, 0.5) is 11.4 Å². The number of halogens is 6. The number of fused-ring (bicyclic) bond motifs is 5. The number of alkyl halides is 4. The number of imide groups is 1. The molecule has 0 spiro atoms. The van der Waals surface area contributed by atoms with Gasteiger partial charge in [-0.1, -0.05) is 52.5 Å². The van der Waals surface area contributed by atoms with Gasteiger partial charge in [-0.25, -0.2) is 4.90 Å². The first kappa shape index (κ1) is 25.2. The number of allylic oxidation sites excluding steroid dienone is 2. The zero-order valence-electron chi connectivity index (χ0n) is 18.1. The van der Waals surface area contributed by atoms with Crippen LogP contribution in [0.3, 0.4) is 0 Å². The Morgan fingerprint density at radius 1 is 0.829 bits per heavy atom. The van der Waals surface area contributed by atoms with Crippen molar-refractivity contribution in [3.8, 4) is 0 Å². The SMILES string of the molecule is Cc1cc(C)cc(NC(=O)c2ccc(N3C(=O)[C@@H]4[C@H](C3=O)[C@@]3(Cl)C(Cl)=C(Cl)[C@@]4(Cl)C3(Cl)Cl)cc2)c1. The van der Waals surface area contributed by atoms with Gasteiger partial charge in [-0.05, 0) is 61.4 Å². The van der Waals surface area contributed by atoms with E-state index in [1.54, 1.807) is 0 Å². The van der Waals surface area contributed by atoms with Gasteiger partial charge in [0.2, 0.25) is 11.8 Å². The Bertz CT molecular complexity index is 1290. The molecule has 4 atom stereocenters. The molecule has 1 heterocycles. The Labute approximate surface area is 231 Å². The second-order valence-corrected chi connectivity index (χ2v) is 12.2. The lowest BCUT2D eigenvalue weighted by Crippen LogP contribution is -2.50. The summed E-state index contributed by atoms with van der Waals surface area (Å²) in [7, 11) is 0. The number of amides is 3. The first-order valence-electron chi connectivity index (χ1n) is 10.5. The molecule has 1 saturated heterocycles. The van der Waals surface area contributed by atoms with Crippen molar-refractivity contribution in [2.45, 2.75) is 27.9 Å². The van der Waals surface area contributed by atoms with Crippen molar-refractivity contribution in [3.63, 3.8) is 0 Å². The normalized spacial score (nSPS) is 30.8. The molecule has 2 bridgehead atoms. The monoisotopic (exact) mass is 590 g/mol. The zero-order valence-corrected chi connectivity index (χ0v) is 22.7. The molecule has 2 aliphatic carbocycles. The van der Waals surface area contributed by atoms with Gasteiger partial charge < -0.3 is 5.32 Å². The first-order chi connectivity index (χ1) is 16.3. The summed E-state index contributed by atoms with van der Waals surface area (Å²) in [5.74, 6) is -4.08. The number of aryl methyl sites for hydroxylation is 2. The maximum Gasteiger partial charge on any atom is 0.255 e. The summed E-state index contributed by atoms with van der Waals surface area (Å²) < 4.78 is -1.99. The predicted molar refractivity (Wildman–Crippen MR) is 140 cm³/mol. The van der Waals surface area contributed by atoms with Crippen LogP contribution in [0.25, 0.3) is 0 Å². The van der Waals surface area contributed by atoms with E-state index in [1.165, 1.54) is 24.3 Å². The van der Waals surface area contributed by atoms with Crippen LogP contribution in [0.1, 0.15) is 21.5 Å². The van der Waals surface area contributed by atoms with Crippen molar-refractivity contribution in [2.24, 2.45) is 11.8 Å². The minimum atomic E-state index is -1.99. The number of hydrogen-bond acceptors (Lipinski definition) is 3. The maximum atomic E-state index is 13.4. The maximum absolute atomic E-state index is 13.4. The van der Waals surface area contributed by atoms with Crippen LogP contribution in [-0.4, -0.2) is 31.8 Å². The highest BCUT2D eigenvalue weighted by atomic mass is 35.5. The smallest absolute Gasteiger partial charge is 0.255 e. The number of rotatable bonds is 3. The van der Waals surface area contributed by atoms with E-state index in [1.807, 2.05) is 32.0 Å². The molecule has 1 N–H and O–H groups in total. The van der Waals surface area contributed by atoms with Gasteiger partial charge >= 0.3 is 0 Å². The van der Waals surface area contributed by atoms with Gasteiger partial charge in [-0.2, -0.15) is 0 Å². The van der Waals surface area contributed by atoms with Crippen LogP contribution in [0.15, 0.2) is 52.5 Å². The highest BCUT2D eigenvalue weighted by Gasteiger charge is 2.87. The van der Waals surface area contributed by atoms with E-state index in [-0.39, 0.29) is 21.7 Å².